The highest BCUT2D eigenvalue weighted by Gasteiger charge is 2.30. The summed E-state index contributed by atoms with van der Waals surface area (Å²) in [7, 11) is 0.276. The zero-order valence-electron chi connectivity index (χ0n) is 14.5. The van der Waals surface area contributed by atoms with E-state index >= 15 is 0 Å². The molecule has 21 heavy (non-hydrogen) atoms. The van der Waals surface area contributed by atoms with Crippen LogP contribution in [0.4, 0.5) is 0 Å². The van der Waals surface area contributed by atoms with Gasteiger partial charge in [-0.05, 0) is 38.5 Å². The highest BCUT2D eigenvalue weighted by Crippen LogP contribution is 2.42. The van der Waals surface area contributed by atoms with E-state index in [1.54, 1.807) is 10.4 Å². The maximum atomic E-state index is 2.66. The molecule has 1 aliphatic carbocycles. The Bertz CT molecular complexity index is 413. The van der Waals surface area contributed by atoms with Crippen LogP contribution >= 0.6 is 10.7 Å². The van der Waals surface area contributed by atoms with Crippen LogP contribution in [0.15, 0.2) is 11.4 Å². The second-order valence-electron chi connectivity index (χ2n) is 6.66. The minimum Gasteiger partial charge on any atom is -0.106 e. The highest BCUT2D eigenvalue weighted by atomic mass is 32.2. The van der Waals surface area contributed by atoms with E-state index in [2.05, 4.69) is 43.4 Å². The third-order valence-electron chi connectivity index (χ3n) is 5.21. The molecule has 1 saturated carbocycles. The first-order valence-electron chi connectivity index (χ1n) is 9.10. The Morgan fingerprint density at radius 1 is 1.14 bits per heavy atom. The molecule has 2 heteroatoms. The van der Waals surface area contributed by atoms with E-state index in [1.165, 1.54) is 58.0 Å². The maximum Gasteiger partial charge on any atom is 0.175 e. The lowest BCUT2D eigenvalue weighted by molar-refractivity contribution is 0.440. The molecule has 0 aromatic carbocycles. The van der Waals surface area contributed by atoms with Crippen molar-refractivity contribution in [3.05, 3.63) is 21.9 Å². The zero-order chi connectivity index (χ0) is 15.2. The molecule has 1 aliphatic rings. The molecule has 0 aliphatic heterocycles. The lowest BCUT2D eigenvalue weighted by Gasteiger charge is -2.22. The van der Waals surface area contributed by atoms with Gasteiger partial charge >= 0.3 is 0 Å². The molecule has 1 fully saturated rings. The Labute approximate surface area is 134 Å². The van der Waals surface area contributed by atoms with Crippen LogP contribution < -0.4 is 4.31 Å². The molecule has 2 atom stereocenters. The minimum atomic E-state index is 0.276. The first kappa shape index (κ1) is 17.0. The van der Waals surface area contributed by atoms with Gasteiger partial charge in [-0.2, -0.15) is 0 Å². The maximum absolute atomic E-state index is 2.66. The van der Waals surface area contributed by atoms with Crippen molar-refractivity contribution in [2.45, 2.75) is 78.6 Å². The van der Waals surface area contributed by atoms with Crippen LogP contribution in [0.2, 0.25) is 0 Å². The smallest absolute Gasteiger partial charge is 0.106 e. The number of hydrogen-bond acceptors (Lipinski definition) is 1. The molecule has 0 bridgehead atoms. The van der Waals surface area contributed by atoms with Crippen LogP contribution in [0.3, 0.4) is 0 Å². The molecule has 1 heterocycles. The fourth-order valence-electron chi connectivity index (χ4n) is 3.62. The van der Waals surface area contributed by atoms with Gasteiger partial charge in [0, 0.05) is 31.1 Å². The average molecular weight is 309 g/mol. The summed E-state index contributed by atoms with van der Waals surface area (Å²) >= 11 is 0. The summed E-state index contributed by atoms with van der Waals surface area (Å²) in [5, 5.41) is 2.52. The van der Waals surface area contributed by atoms with Gasteiger partial charge in [-0.25, -0.2) is 0 Å². The van der Waals surface area contributed by atoms with Crippen molar-refractivity contribution in [2.75, 3.05) is 17.4 Å². The molecule has 1 nitrogen and oxygen atoms in total. The fourth-order valence-corrected chi connectivity index (χ4v) is 6.03. The predicted molar refractivity (Wildman–Crippen MR) is 97.2 cm³/mol. The van der Waals surface area contributed by atoms with Gasteiger partial charge in [-0.1, -0.05) is 39.5 Å². The van der Waals surface area contributed by atoms with Gasteiger partial charge in [-0.15, -0.1) is 4.31 Å². The quantitative estimate of drug-likeness (QED) is 0.554. The monoisotopic (exact) mass is 308 g/mol. The van der Waals surface area contributed by atoms with E-state index in [0.29, 0.717) is 0 Å². The van der Waals surface area contributed by atoms with E-state index in [9.17, 15) is 0 Å². The van der Waals surface area contributed by atoms with Gasteiger partial charge in [-0.3, -0.25) is 0 Å². The number of nitrogens with zero attached hydrogens (tertiary/aromatic N) is 1. The minimum absolute atomic E-state index is 0.276. The average Bonchev–Trinajstić information content (AvgIpc) is 2.93. The molecule has 1 aromatic rings. The van der Waals surface area contributed by atoms with Gasteiger partial charge in [0.2, 0.25) is 0 Å². The normalized spacial score (nSPS) is 19.2. The summed E-state index contributed by atoms with van der Waals surface area (Å²) in [5.74, 6) is 1.69. The second-order valence-corrected chi connectivity index (χ2v) is 8.57. The van der Waals surface area contributed by atoms with Crippen molar-refractivity contribution in [1.82, 2.24) is 0 Å². The topological polar surface area (TPSA) is 3.24 Å². The van der Waals surface area contributed by atoms with E-state index in [1.807, 2.05) is 0 Å². The van der Waals surface area contributed by atoms with Crippen LogP contribution in [0.1, 0.15) is 82.6 Å². The number of thiophene rings is 1. The van der Waals surface area contributed by atoms with E-state index < -0.39 is 0 Å². The Balaban J connectivity index is 2.30. The second kappa shape index (κ2) is 8.33. The summed E-state index contributed by atoms with van der Waals surface area (Å²) in [5.41, 5.74) is 1.74. The molecule has 0 saturated heterocycles. The fraction of sp³-hybridized carbons (Fsp3) is 0.789. The summed E-state index contributed by atoms with van der Waals surface area (Å²) in [6, 6.07) is 2.51. The summed E-state index contributed by atoms with van der Waals surface area (Å²) in [4.78, 5) is 1.79. The largest absolute Gasteiger partial charge is 0.175 e. The number of hydrogen-bond donors (Lipinski definition) is 0. The van der Waals surface area contributed by atoms with Crippen LogP contribution in [0, 0.1) is 5.92 Å². The van der Waals surface area contributed by atoms with Crippen LogP contribution in [0.5, 0.6) is 0 Å². The van der Waals surface area contributed by atoms with Gasteiger partial charge in [0.15, 0.2) is 10.3 Å². The van der Waals surface area contributed by atoms with Crippen LogP contribution in [0.25, 0.3) is 0 Å². The van der Waals surface area contributed by atoms with Crippen molar-refractivity contribution < 1.29 is 0 Å². The SMILES string of the molecule is CCC(C)Cc1c(C2CCCCC2)cc[s+]1N(CC)CC. The highest BCUT2D eigenvalue weighted by molar-refractivity contribution is 7.32. The summed E-state index contributed by atoms with van der Waals surface area (Å²) in [6.45, 7) is 11.7. The van der Waals surface area contributed by atoms with E-state index in [-0.39, 0.29) is 10.7 Å². The molecule has 120 valence electrons. The first-order chi connectivity index (χ1) is 10.2. The van der Waals surface area contributed by atoms with Gasteiger partial charge in [0.1, 0.15) is 0 Å². The first-order valence-corrected chi connectivity index (χ1v) is 10.3. The summed E-state index contributed by atoms with van der Waals surface area (Å²) < 4.78 is 2.66. The third-order valence-corrected chi connectivity index (χ3v) is 7.58. The lowest BCUT2D eigenvalue weighted by atomic mass is 9.83. The Hall–Kier alpha value is -0.340. The van der Waals surface area contributed by atoms with Crippen molar-refractivity contribution in [2.24, 2.45) is 5.92 Å². The zero-order valence-corrected chi connectivity index (χ0v) is 15.3. The molecule has 2 unspecified atom stereocenters. The standard InChI is InChI=1S/C19H34NS/c1-5-16(4)15-19-18(17-11-9-8-10-12-17)13-14-21(19)20(6-2)7-3/h13-14,16-17H,5-12,15H2,1-4H3/q+1. The van der Waals surface area contributed by atoms with Crippen molar-refractivity contribution in [3.63, 3.8) is 0 Å². The van der Waals surface area contributed by atoms with Crippen molar-refractivity contribution in [3.8, 4) is 0 Å². The molecule has 0 amide bonds. The van der Waals surface area contributed by atoms with E-state index in [4.69, 9.17) is 0 Å². The Morgan fingerprint density at radius 2 is 1.81 bits per heavy atom. The molecule has 1 aromatic heterocycles. The predicted octanol–water partition coefficient (Wildman–Crippen LogP) is 6.05. The Kier molecular flexibility index (Phi) is 6.75. The number of rotatable bonds is 7. The van der Waals surface area contributed by atoms with E-state index in [0.717, 1.165) is 11.8 Å². The molecule has 2 rings (SSSR count). The van der Waals surface area contributed by atoms with Crippen molar-refractivity contribution in [1.29, 1.82) is 0 Å². The molecule has 0 spiro atoms. The van der Waals surface area contributed by atoms with Gasteiger partial charge in [0.05, 0.1) is 10.7 Å². The van der Waals surface area contributed by atoms with Crippen LogP contribution in [-0.4, -0.2) is 13.1 Å². The molecule has 0 radical (unpaired) electrons. The van der Waals surface area contributed by atoms with Crippen molar-refractivity contribution >= 4 is 10.7 Å². The van der Waals surface area contributed by atoms with Crippen LogP contribution in [-0.2, 0) is 6.42 Å². The third kappa shape index (κ3) is 4.10. The molecular weight excluding hydrogens is 274 g/mol. The molecular formula is C19H34NS+. The lowest BCUT2D eigenvalue weighted by Crippen LogP contribution is -2.21. The molecule has 0 N–H and O–H groups in total. The van der Waals surface area contributed by atoms with Gasteiger partial charge < -0.3 is 0 Å². The summed E-state index contributed by atoms with van der Waals surface area (Å²) in [6.07, 6.45) is 9.81. The van der Waals surface area contributed by atoms with Gasteiger partial charge in [0.25, 0.3) is 0 Å². The Morgan fingerprint density at radius 3 is 2.38 bits per heavy atom.